The van der Waals surface area contributed by atoms with Gasteiger partial charge in [-0.25, -0.2) is 0 Å². The van der Waals surface area contributed by atoms with E-state index in [9.17, 15) is 0 Å². The molecule has 0 amide bonds. The van der Waals surface area contributed by atoms with Crippen molar-refractivity contribution >= 4 is 0 Å². The lowest BCUT2D eigenvalue weighted by atomic mass is 9.93. The first-order valence-corrected chi connectivity index (χ1v) is 9.29. The zero-order chi connectivity index (χ0) is 14.2. The van der Waals surface area contributed by atoms with E-state index in [1.54, 1.807) is 0 Å². The summed E-state index contributed by atoms with van der Waals surface area (Å²) in [6.45, 7) is 5.90. The predicted molar refractivity (Wildman–Crippen MR) is 87.9 cm³/mol. The van der Waals surface area contributed by atoms with Crippen molar-refractivity contribution in [3.8, 4) is 0 Å². The van der Waals surface area contributed by atoms with E-state index >= 15 is 0 Å². The van der Waals surface area contributed by atoms with Crippen LogP contribution in [0.15, 0.2) is 0 Å². The Labute approximate surface area is 126 Å². The predicted octanol–water partition coefficient (Wildman–Crippen LogP) is 4.19. The highest BCUT2D eigenvalue weighted by atomic mass is 15.2. The second-order valence-corrected chi connectivity index (χ2v) is 7.16. The van der Waals surface area contributed by atoms with E-state index in [0.717, 1.165) is 24.4 Å². The minimum absolute atomic E-state index is 0.874. The van der Waals surface area contributed by atoms with Gasteiger partial charge in [-0.05, 0) is 76.4 Å². The van der Waals surface area contributed by atoms with Crippen molar-refractivity contribution in [2.75, 3.05) is 19.6 Å². The summed E-state index contributed by atoms with van der Waals surface area (Å²) < 4.78 is 0. The molecule has 2 unspecified atom stereocenters. The molecule has 1 saturated carbocycles. The van der Waals surface area contributed by atoms with Gasteiger partial charge in [0.25, 0.3) is 0 Å². The van der Waals surface area contributed by atoms with Crippen LogP contribution in [0.3, 0.4) is 0 Å². The van der Waals surface area contributed by atoms with Crippen molar-refractivity contribution in [1.82, 2.24) is 4.90 Å². The summed E-state index contributed by atoms with van der Waals surface area (Å²) in [5, 5.41) is 0. The van der Waals surface area contributed by atoms with Crippen molar-refractivity contribution in [3.63, 3.8) is 0 Å². The van der Waals surface area contributed by atoms with Crippen LogP contribution in [-0.4, -0.2) is 30.6 Å². The lowest BCUT2D eigenvalue weighted by Crippen LogP contribution is -2.35. The smallest absolute Gasteiger partial charge is 0.0124 e. The Morgan fingerprint density at radius 1 is 1.05 bits per heavy atom. The van der Waals surface area contributed by atoms with E-state index in [4.69, 9.17) is 5.73 Å². The van der Waals surface area contributed by atoms with Gasteiger partial charge in [-0.3, -0.25) is 0 Å². The Morgan fingerprint density at radius 3 is 2.55 bits per heavy atom. The Balaban J connectivity index is 1.69. The lowest BCUT2D eigenvalue weighted by molar-refractivity contribution is 0.183. The van der Waals surface area contributed by atoms with Gasteiger partial charge in [-0.15, -0.1) is 0 Å². The summed E-state index contributed by atoms with van der Waals surface area (Å²) in [7, 11) is 0. The van der Waals surface area contributed by atoms with Gasteiger partial charge in [0.05, 0.1) is 0 Å². The fourth-order valence-corrected chi connectivity index (χ4v) is 4.67. The molecule has 2 N–H and O–H groups in total. The highest BCUT2D eigenvalue weighted by Crippen LogP contribution is 2.35. The largest absolute Gasteiger partial charge is 0.330 e. The van der Waals surface area contributed by atoms with Gasteiger partial charge in [-0.2, -0.15) is 0 Å². The minimum atomic E-state index is 0.874. The number of hydrogen-bond donors (Lipinski definition) is 1. The van der Waals surface area contributed by atoms with E-state index < -0.39 is 0 Å². The zero-order valence-electron chi connectivity index (χ0n) is 13.7. The van der Waals surface area contributed by atoms with Crippen LogP contribution in [0.25, 0.3) is 0 Å². The molecule has 2 nitrogen and oxygen atoms in total. The fourth-order valence-electron chi connectivity index (χ4n) is 4.67. The Morgan fingerprint density at radius 2 is 1.85 bits per heavy atom. The number of rotatable bonds is 9. The second kappa shape index (κ2) is 9.04. The van der Waals surface area contributed by atoms with Gasteiger partial charge < -0.3 is 10.6 Å². The van der Waals surface area contributed by atoms with Crippen LogP contribution in [-0.2, 0) is 0 Å². The number of hydrogen-bond acceptors (Lipinski definition) is 2. The molecule has 2 heteroatoms. The second-order valence-electron chi connectivity index (χ2n) is 7.16. The lowest BCUT2D eigenvalue weighted by Gasteiger charge is -2.29. The molecule has 0 radical (unpaired) electrons. The number of likely N-dealkylation sites (tertiary alicyclic amines) is 1. The van der Waals surface area contributed by atoms with Gasteiger partial charge in [0.15, 0.2) is 0 Å². The van der Waals surface area contributed by atoms with Crippen molar-refractivity contribution in [1.29, 1.82) is 0 Å². The van der Waals surface area contributed by atoms with Crippen LogP contribution in [0.4, 0.5) is 0 Å². The molecule has 2 fully saturated rings. The van der Waals surface area contributed by atoms with Crippen LogP contribution in [0.1, 0.15) is 77.6 Å². The third kappa shape index (κ3) is 4.73. The summed E-state index contributed by atoms with van der Waals surface area (Å²) in [6.07, 6.45) is 15.6. The third-order valence-electron chi connectivity index (χ3n) is 5.69. The Hall–Kier alpha value is -0.0800. The molecule has 2 aliphatic rings. The van der Waals surface area contributed by atoms with Crippen LogP contribution in [0.5, 0.6) is 0 Å². The molecule has 0 aromatic heterocycles. The van der Waals surface area contributed by atoms with Gasteiger partial charge in [-0.1, -0.05) is 32.6 Å². The highest BCUT2D eigenvalue weighted by Gasteiger charge is 2.32. The monoisotopic (exact) mass is 280 g/mol. The van der Waals surface area contributed by atoms with Crippen molar-refractivity contribution in [2.24, 2.45) is 17.6 Å². The van der Waals surface area contributed by atoms with Crippen molar-refractivity contribution in [2.45, 2.75) is 83.6 Å². The standard InChI is InChI=1S/C18H36N2/c1-2-7-16(12-13-19)8-5-14-20-15-6-11-18(20)17-9-3-4-10-17/h16-18H,2-15,19H2,1H3. The molecule has 118 valence electrons. The highest BCUT2D eigenvalue weighted by molar-refractivity contribution is 4.87. The molecule has 20 heavy (non-hydrogen) atoms. The summed E-state index contributed by atoms with van der Waals surface area (Å²) in [5.41, 5.74) is 5.75. The van der Waals surface area contributed by atoms with Gasteiger partial charge in [0.2, 0.25) is 0 Å². The normalized spacial score (nSPS) is 26.4. The molecule has 1 aliphatic carbocycles. The summed E-state index contributed by atoms with van der Waals surface area (Å²) in [6, 6.07) is 0.941. The SMILES string of the molecule is CCCC(CCN)CCCN1CCCC1C1CCCC1. The molecule has 2 atom stereocenters. The Bertz CT molecular complexity index is 242. The zero-order valence-corrected chi connectivity index (χ0v) is 13.7. The van der Waals surface area contributed by atoms with E-state index in [0.29, 0.717) is 0 Å². The third-order valence-corrected chi connectivity index (χ3v) is 5.69. The van der Waals surface area contributed by atoms with Crippen LogP contribution in [0.2, 0.25) is 0 Å². The first-order chi connectivity index (χ1) is 9.85. The van der Waals surface area contributed by atoms with E-state index in [1.807, 2.05) is 0 Å². The first-order valence-electron chi connectivity index (χ1n) is 9.29. The quantitative estimate of drug-likeness (QED) is 0.686. The molecular weight excluding hydrogens is 244 g/mol. The first kappa shape index (κ1) is 16.3. The topological polar surface area (TPSA) is 29.3 Å². The fraction of sp³-hybridized carbons (Fsp3) is 1.00. The minimum Gasteiger partial charge on any atom is -0.330 e. The van der Waals surface area contributed by atoms with Gasteiger partial charge in [0.1, 0.15) is 0 Å². The molecule has 1 aliphatic heterocycles. The molecule has 0 aromatic rings. The van der Waals surface area contributed by atoms with E-state index in [2.05, 4.69) is 11.8 Å². The van der Waals surface area contributed by atoms with Crippen LogP contribution >= 0.6 is 0 Å². The number of nitrogens with zero attached hydrogens (tertiary/aromatic N) is 1. The maximum absolute atomic E-state index is 5.75. The van der Waals surface area contributed by atoms with Gasteiger partial charge in [0, 0.05) is 6.04 Å². The molecule has 1 saturated heterocycles. The van der Waals surface area contributed by atoms with E-state index in [1.165, 1.54) is 83.7 Å². The average Bonchev–Trinajstić information content (AvgIpc) is 3.09. The van der Waals surface area contributed by atoms with Crippen LogP contribution < -0.4 is 5.73 Å². The summed E-state index contributed by atoms with van der Waals surface area (Å²) in [4.78, 5) is 2.83. The summed E-state index contributed by atoms with van der Waals surface area (Å²) in [5.74, 6) is 1.92. The average molecular weight is 280 g/mol. The maximum atomic E-state index is 5.75. The molecule has 0 spiro atoms. The van der Waals surface area contributed by atoms with E-state index in [-0.39, 0.29) is 0 Å². The molecule has 0 bridgehead atoms. The molecule has 1 heterocycles. The number of nitrogens with two attached hydrogens (primary N) is 1. The Kier molecular flexibility index (Phi) is 7.37. The van der Waals surface area contributed by atoms with Crippen molar-refractivity contribution in [3.05, 3.63) is 0 Å². The van der Waals surface area contributed by atoms with Gasteiger partial charge >= 0.3 is 0 Å². The molecule has 0 aromatic carbocycles. The molecule has 2 rings (SSSR count). The van der Waals surface area contributed by atoms with Crippen LogP contribution in [0, 0.1) is 11.8 Å². The van der Waals surface area contributed by atoms with Crippen molar-refractivity contribution < 1.29 is 0 Å². The maximum Gasteiger partial charge on any atom is 0.0124 e. The summed E-state index contributed by atoms with van der Waals surface area (Å²) >= 11 is 0. The molecular formula is C18H36N2.